The largest absolute Gasteiger partial charge is 0.394 e. The van der Waals surface area contributed by atoms with Gasteiger partial charge in [0, 0.05) is 19.0 Å². The molecule has 84 valence electrons. The number of nitrogens with zero attached hydrogens (tertiary/aromatic N) is 2. The van der Waals surface area contributed by atoms with Gasteiger partial charge in [0.2, 0.25) is 0 Å². The van der Waals surface area contributed by atoms with Crippen LogP contribution in [0, 0.1) is 0 Å². The second-order valence-electron chi connectivity index (χ2n) is 3.17. The highest BCUT2D eigenvalue weighted by molar-refractivity contribution is 5.44. The van der Waals surface area contributed by atoms with Crippen LogP contribution in [0.1, 0.15) is 12.7 Å². The molecule has 0 radical (unpaired) electrons. The average molecular weight is 212 g/mol. The quantitative estimate of drug-likeness (QED) is 0.519. The lowest BCUT2D eigenvalue weighted by Gasteiger charge is -2.10. The third kappa shape index (κ3) is 3.69. The number of aliphatic hydroxyl groups excluding tert-OH is 2. The first kappa shape index (κ1) is 11.7. The predicted octanol–water partition coefficient (Wildman–Crippen LogP) is -0.614. The van der Waals surface area contributed by atoms with Gasteiger partial charge in [0.05, 0.1) is 12.7 Å². The summed E-state index contributed by atoms with van der Waals surface area (Å²) in [7, 11) is 0. The number of rotatable bonds is 5. The molecule has 0 amide bonds. The van der Waals surface area contributed by atoms with E-state index in [1.165, 1.54) is 0 Å². The highest BCUT2D eigenvalue weighted by Crippen LogP contribution is 2.08. The van der Waals surface area contributed by atoms with Gasteiger partial charge in [-0.2, -0.15) is 0 Å². The van der Waals surface area contributed by atoms with E-state index in [2.05, 4.69) is 15.3 Å². The third-order valence-electron chi connectivity index (χ3n) is 1.84. The van der Waals surface area contributed by atoms with Gasteiger partial charge < -0.3 is 21.3 Å². The topological polar surface area (TPSA) is 104 Å². The summed E-state index contributed by atoms with van der Waals surface area (Å²) in [6.07, 6.45) is -0.103. The van der Waals surface area contributed by atoms with Crippen molar-refractivity contribution in [2.45, 2.75) is 19.4 Å². The van der Waals surface area contributed by atoms with Crippen molar-refractivity contribution in [2.75, 3.05) is 24.2 Å². The van der Waals surface area contributed by atoms with E-state index in [0.717, 1.165) is 0 Å². The first-order valence-corrected chi connectivity index (χ1v) is 4.82. The Labute approximate surface area is 88.2 Å². The van der Waals surface area contributed by atoms with E-state index in [-0.39, 0.29) is 13.2 Å². The normalized spacial score (nSPS) is 12.5. The zero-order valence-electron chi connectivity index (χ0n) is 8.64. The molecule has 0 fully saturated rings. The van der Waals surface area contributed by atoms with Crippen molar-refractivity contribution >= 4 is 11.6 Å². The van der Waals surface area contributed by atoms with Gasteiger partial charge in [-0.15, -0.1) is 0 Å². The maximum absolute atomic E-state index is 9.13. The molecule has 0 aliphatic carbocycles. The van der Waals surface area contributed by atoms with Gasteiger partial charge in [-0.1, -0.05) is 6.92 Å². The van der Waals surface area contributed by atoms with Gasteiger partial charge in [-0.25, -0.2) is 9.97 Å². The van der Waals surface area contributed by atoms with Gasteiger partial charge in [0.15, 0.2) is 0 Å². The monoisotopic (exact) mass is 212 g/mol. The Morgan fingerprint density at radius 3 is 2.87 bits per heavy atom. The fraction of sp³-hybridized carbons (Fsp3) is 0.556. The number of aryl methyl sites for hydroxylation is 1. The van der Waals surface area contributed by atoms with Gasteiger partial charge in [0.1, 0.15) is 17.5 Å². The molecule has 0 spiro atoms. The molecule has 5 N–H and O–H groups in total. The number of nitrogens with two attached hydrogens (primary N) is 1. The maximum Gasteiger partial charge on any atom is 0.132 e. The van der Waals surface area contributed by atoms with Crippen molar-refractivity contribution in [1.29, 1.82) is 0 Å². The SMILES string of the molecule is CCc1nc(N)cc(NCC(O)CO)n1. The molecule has 1 unspecified atom stereocenters. The van der Waals surface area contributed by atoms with Crippen LogP contribution in [0.2, 0.25) is 0 Å². The van der Waals surface area contributed by atoms with Gasteiger partial charge in [-0.3, -0.25) is 0 Å². The molecule has 1 rings (SSSR count). The molecule has 6 heteroatoms. The van der Waals surface area contributed by atoms with Crippen molar-refractivity contribution in [3.8, 4) is 0 Å². The van der Waals surface area contributed by atoms with Crippen molar-refractivity contribution in [1.82, 2.24) is 9.97 Å². The summed E-state index contributed by atoms with van der Waals surface area (Å²) in [6, 6.07) is 1.59. The van der Waals surface area contributed by atoms with Crippen molar-refractivity contribution in [3.05, 3.63) is 11.9 Å². The van der Waals surface area contributed by atoms with Crippen molar-refractivity contribution in [3.63, 3.8) is 0 Å². The predicted molar refractivity (Wildman–Crippen MR) is 57.4 cm³/mol. The molecule has 0 saturated heterocycles. The Kier molecular flexibility index (Phi) is 4.26. The number of anilines is 2. The molecule has 0 saturated carbocycles. The third-order valence-corrected chi connectivity index (χ3v) is 1.84. The minimum Gasteiger partial charge on any atom is -0.394 e. The summed E-state index contributed by atoms with van der Waals surface area (Å²) in [4.78, 5) is 8.18. The molecule has 15 heavy (non-hydrogen) atoms. The van der Waals surface area contributed by atoms with Crippen LogP contribution < -0.4 is 11.1 Å². The van der Waals surface area contributed by atoms with Crippen LogP contribution >= 0.6 is 0 Å². The van der Waals surface area contributed by atoms with Crippen LogP contribution in [0.3, 0.4) is 0 Å². The lowest BCUT2D eigenvalue weighted by Crippen LogP contribution is -2.23. The molecule has 1 atom stereocenters. The fourth-order valence-electron chi connectivity index (χ4n) is 1.05. The molecular formula is C9H16N4O2. The van der Waals surface area contributed by atoms with Crippen molar-refractivity contribution < 1.29 is 10.2 Å². The standard InChI is InChI=1S/C9H16N4O2/c1-2-8-12-7(10)3-9(13-8)11-4-6(15)5-14/h3,6,14-15H,2,4-5H2,1H3,(H3,10,11,12,13). The number of hydrogen-bond donors (Lipinski definition) is 4. The summed E-state index contributed by atoms with van der Waals surface area (Å²) < 4.78 is 0. The minimum atomic E-state index is -0.800. The Bertz CT molecular complexity index is 319. The van der Waals surface area contributed by atoms with Crippen LogP contribution in [0.15, 0.2) is 6.07 Å². The van der Waals surface area contributed by atoms with E-state index in [9.17, 15) is 0 Å². The van der Waals surface area contributed by atoms with E-state index in [1.54, 1.807) is 6.07 Å². The molecule has 0 aromatic carbocycles. The fourth-order valence-corrected chi connectivity index (χ4v) is 1.05. The second kappa shape index (κ2) is 5.47. The van der Waals surface area contributed by atoms with Crippen LogP contribution in [0.4, 0.5) is 11.6 Å². The number of nitrogen functional groups attached to an aromatic ring is 1. The van der Waals surface area contributed by atoms with Crippen LogP contribution in [0.25, 0.3) is 0 Å². The number of nitrogens with one attached hydrogen (secondary N) is 1. The van der Waals surface area contributed by atoms with E-state index >= 15 is 0 Å². The Morgan fingerprint density at radius 1 is 1.53 bits per heavy atom. The summed E-state index contributed by atoms with van der Waals surface area (Å²) in [5, 5.41) is 20.6. The van der Waals surface area contributed by atoms with Crippen LogP contribution in [0.5, 0.6) is 0 Å². The Morgan fingerprint density at radius 2 is 2.27 bits per heavy atom. The summed E-state index contributed by atoms with van der Waals surface area (Å²) in [6.45, 7) is 1.88. The highest BCUT2D eigenvalue weighted by atomic mass is 16.3. The second-order valence-corrected chi connectivity index (χ2v) is 3.17. The van der Waals surface area contributed by atoms with Gasteiger partial charge >= 0.3 is 0 Å². The molecule has 0 aliphatic heterocycles. The Balaban J connectivity index is 2.64. The summed E-state index contributed by atoms with van der Waals surface area (Å²) in [5.74, 6) is 1.60. The highest BCUT2D eigenvalue weighted by Gasteiger charge is 2.04. The first-order valence-electron chi connectivity index (χ1n) is 4.82. The first-order chi connectivity index (χ1) is 7.15. The van der Waals surface area contributed by atoms with Crippen LogP contribution in [-0.2, 0) is 6.42 Å². The molecule has 0 aliphatic rings. The molecule has 6 nitrogen and oxygen atoms in total. The van der Waals surface area contributed by atoms with E-state index < -0.39 is 6.10 Å². The Hall–Kier alpha value is -1.40. The molecular weight excluding hydrogens is 196 g/mol. The van der Waals surface area contributed by atoms with E-state index in [4.69, 9.17) is 15.9 Å². The van der Waals surface area contributed by atoms with Crippen molar-refractivity contribution in [2.24, 2.45) is 0 Å². The lowest BCUT2D eigenvalue weighted by molar-refractivity contribution is 0.105. The number of hydrogen-bond acceptors (Lipinski definition) is 6. The smallest absolute Gasteiger partial charge is 0.132 e. The average Bonchev–Trinajstić information content (AvgIpc) is 2.25. The minimum absolute atomic E-state index is 0.232. The van der Waals surface area contributed by atoms with Gasteiger partial charge in [0.25, 0.3) is 0 Å². The zero-order valence-corrected chi connectivity index (χ0v) is 8.64. The lowest BCUT2D eigenvalue weighted by atomic mass is 10.3. The summed E-state index contributed by atoms with van der Waals surface area (Å²) in [5.41, 5.74) is 5.57. The van der Waals surface area contributed by atoms with E-state index in [0.29, 0.717) is 23.9 Å². The molecule has 1 heterocycles. The van der Waals surface area contributed by atoms with Crippen LogP contribution in [-0.4, -0.2) is 39.4 Å². The van der Waals surface area contributed by atoms with Gasteiger partial charge in [-0.05, 0) is 0 Å². The molecule has 1 aromatic heterocycles. The molecule has 0 bridgehead atoms. The molecule has 1 aromatic rings. The zero-order chi connectivity index (χ0) is 11.3. The maximum atomic E-state index is 9.13. The summed E-state index contributed by atoms with van der Waals surface area (Å²) >= 11 is 0. The number of aliphatic hydroxyl groups is 2. The van der Waals surface area contributed by atoms with E-state index in [1.807, 2.05) is 6.92 Å². The number of aromatic nitrogens is 2.